The van der Waals surface area contributed by atoms with Crippen LogP contribution in [0.25, 0.3) is 0 Å². The maximum Gasteiger partial charge on any atom is 0.119 e. The molecular formula is C15H23NO2. The van der Waals surface area contributed by atoms with E-state index in [0.717, 1.165) is 25.3 Å². The van der Waals surface area contributed by atoms with Gasteiger partial charge in [-0.15, -0.1) is 0 Å². The lowest BCUT2D eigenvalue weighted by Gasteiger charge is -2.31. The first-order valence-corrected chi connectivity index (χ1v) is 6.79. The molecule has 2 atom stereocenters. The highest BCUT2D eigenvalue weighted by Crippen LogP contribution is 2.30. The Kier molecular flexibility index (Phi) is 4.61. The monoisotopic (exact) mass is 249 g/mol. The zero-order chi connectivity index (χ0) is 13.0. The minimum absolute atomic E-state index is 0.206. The van der Waals surface area contributed by atoms with E-state index in [2.05, 4.69) is 17.4 Å². The zero-order valence-electron chi connectivity index (χ0n) is 11.2. The molecule has 1 heterocycles. The maximum atomic E-state index is 9.44. The highest BCUT2D eigenvalue weighted by atomic mass is 16.5. The van der Waals surface area contributed by atoms with E-state index in [1.807, 2.05) is 26.0 Å². The van der Waals surface area contributed by atoms with Crippen LogP contribution >= 0.6 is 0 Å². The van der Waals surface area contributed by atoms with Gasteiger partial charge in [-0.3, -0.25) is 0 Å². The first-order chi connectivity index (χ1) is 8.70. The lowest BCUT2D eigenvalue weighted by atomic mass is 9.82. The molecule has 1 aromatic rings. The van der Waals surface area contributed by atoms with Gasteiger partial charge >= 0.3 is 0 Å². The van der Waals surface area contributed by atoms with Gasteiger partial charge in [-0.2, -0.15) is 0 Å². The van der Waals surface area contributed by atoms with E-state index in [1.165, 1.54) is 5.56 Å². The molecule has 3 heteroatoms. The van der Waals surface area contributed by atoms with E-state index in [0.29, 0.717) is 11.8 Å². The van der Waals surface area contributed by atoms with Crippen LogP contribution in [-0.4, -0.2) is 30.9 Å². The summed E-state index contributed by atoms with van der Waals surface area (Å²) in [7, 11) is 0. The van der Waals surface area contributed by atoms with Gasteiger partial charge in [-0.1, -0.05) is 12.1 Å². The molecule has 0 saturated carbocycles. The van der Waals surface area contributed by atoms with Crippen molar-refractivity contribution in [2.24, 2.45) is 5.92 Å². The van der Waals surface area contributed by atoms with Gasteiger partial charge in [0.1, 0.15) is 5.75 Å². The summed E-state index contributed by atoms with van der Waals surface area (Å²) in [5.41, 5.74) is 1.29. The SMILES string of the molecule is CC(C)Oc1ccc(C2CNCCC2CO)cc1. The molecule has 0 radical (unpaired) electrons. The molecule has 1 aliphatic rings. The fourth-order valence-corrected chi connectivity index (χ4v) is 2.59. The van der Waals surface area contributed by atoms with Crippen LogP contribution in [0.1, 0.15) is 31.7 Å². The quantitative estimate of drug-likeness (QED) is 0.859. The second kappa shape index (κ2) is 6.21. The van der Waals surface area contributed by atoms with Crippen LogP contribution in [0.3, 0.4) is 0 Å². The van der Waals surface area contributed by atoms with Gasteiger partial charge in [0.25, 0.3) is 0 Å². The number of hydrogen-bond donors (Lipinski definition) is 2. The van der Waals surface area contributed by atoms with Crippen molar-refractivity contribution in [2.45, 2.75) is 32.3 Å². The molecule has 2 N–H and O–H groups in total. The molecule has 2 rings (SSSR count). The van der Waals surface area contributed by atoms with Gasteiger partial charge < -0.3 is 15.2 Å². The van der Waals surface area contributed by atoms with Crippen LogP contribution in [0.15, 0.2) is 24.3 Å². The number of aliphatic hydroxyl groups is 1. The van der Waals surface area contributed by atoms with Crippen molar-refractivity contribution in [3.63, 3.8) is 0 Å². The highest BCUT2D eigenvalue weighted by molar-refractivity contribution is 5.30. The molecule has 0 bridgehead atoms. The van der Waals surface area contributed by atoms with Crippen molar-refractivity contribution >= 4 is 0 Å². The predicted molar refractivity (Wildman–Crippen MR) is 73.0 cm³/mol. The Morgan fingerprint density at radius 2 is 2.06 bits per heavy atom. The fraction of sp³-hybridized carbons (Fsp3) is 0.600. The number of aliphatic hydroxyl groups excluding tert-OH is 1. The Labute approximate surface area is 109 Å². The summed E-state index contributed by atoms with van der Waals surface area (Å²) in [6, 6.07) is 8.30. The molecule has 0 amide bonds. The van der Waals surface area contributed by atoms with Crippen molar-refractivity contribution in [3.8, 4) is 5.75 Å². The second-order valence-corrected chi connectivity index (χ2v) is 5.28. The molecule has 18 heavy (non-hydrogen) atoms. The Balaban J connectivity index is 2.07. The van der Waals surface area contributed by atoms with E-state index < -0.39 is 0 Å². The minimum atomic E-state index is 0.206. The van der Waals surface area contributed by atoms with Crippen LogP contribution in [0.4, 0.5) is 0 Å². The molecule has 3 nitrogen and oxygen atoms in total. The molecule has 0 aromatic heterocycles. The number of ether oxygens (including phenoxy) is 1. The van der Waals surface area contributed by atoms with E-state index in [1.54, 1.807) is 0 Å². The summed E-state index contributed by atoms with van der Waals surface area (Å²) in [4.78, 5) is 0. The molecule has 0 spiro atoms. The highest BCUT2D eigenvalue weighted by Gasteiger charge is 2.25. The fourth-order valence-electron chi connectivity index (χ4n) is 2.59. The molecule has 1 saturated heterocycles. The van der Waals surface area contributed by atoms with Crippen molar-refractivity contribution in [3.05, 3.63) is 29.8 Å². The van der Waals surface area contributed by atoms with Crippen LogP contribution < -0.4 is 10.1 Å². The first kappa shape index (κ1) is 13.4. The summed E-state index contributed by atoms with van der Waals surface area (Å²) in [5.74, 6) is 1.71. The first-order valence-electron chi connectivity index (χ1n) is 6.79. The van der Waals surface area contributed by atoms with Crippen molar-refractivity contribution in [2.75, 3.05) is 19.7 Å². The Hall–Kier alpha value is -1.06. The van der Waals surface area contributed by atoms with Crippen LogP contribution in [-0.2, 0) is 0 Å². The number of benzene rings is 1. The number of rotatable bonds is 4. The smallest absolute Gasteiger partial charge is 0.119 e. The lowest BCUT2D eigenvalue weighted by molar-refractivity contribution is 0.176. The maximum absolute atomic E-state index is 9.44. The van der Waals surface area contributed by atoms with Crippen LogP contribution in [0.2, 0.25) is 0 Å². The average Bonchev–Trinajstić information content (AvgIpc) is 2.39. The largest absolute Gasteiger partial charge is 0.491 e. The van der Waals surface area contributed by atoms with Gasteiger partial charge in [0, 0.05) is 19.1 Å². The van der Waals surface area contributed by atoms with Gasteiger partial charge in [0.2, 0.25) is 0 Å². The molecular weight excluding hydrogens is 226 g/mol. The Bertz CT molecular complexity index is 361. The second-order valence-electron chi connectivity index (χ2n) is 5.28. The third-order valence-electron chi connectivity index (χ3n) is 3.54. The average molecular weight is 249 g/mol. The number of nitrogens with one attached hydrogen (secondary N) is 1. The van der Waals surface area contributed by atoms with Gasteiger partial charge in [-0.25, -0.2) is 0 Å². The summed E-state index contributed by atoms with van der Waals surface area (Å²) in [6.07, 6.45) is 1.25. The van der Waals surface area contributed by atoms with Crippen LogP contribution in [0, 0.1) is 5.92 Å². The third-order valence-corrected chi connectivity index (χ3v) is 3.54. The topological polar surface area (TPSA) is 41.5 Å². The van der Waals surface area contributed by atoms with E-state index in [-0.39, 0.29) is 12.7 Å². The van der Waals surface area contributed by atoms with E-state index >= 15 is 0 Å². The van der Waals surface area contributed by atoms with E-state index in [9.17, 15) is 5.11 Å². The molecule has 0 aliphatic carbocycles. The summed E-state index contributed by atoms with van der Waals surface area (Å²) < 4.78 is 5.64. The molecule has 2 unspecified atom stereocenters. The zero-order valence-corrected chi connectivity index (χ0v) is 11.2. The molecule has 1 aromatic carbocycles. The summed E-state index contributed by atoms with van der Waals surface area (Å²) in [5, 5.41) is 12.8. The number of hydrogen-bond acceptors (Lipinski definition) is 3. The minimum Gasteiger partial charge on any atom is -0.491 e. The Morgan fingerprint density at radius 3 is 2.67 bits per heavy atom. The number of piperidine rings is 1. The predicted octanol–water partition coefficient (Wildman–Crippen LogP) is 2.16. The van der Waals surface area contributed by atoms with Crippen molar-refractivity contribution < 1.29 is 9.84 Å². The normalized spacial score (nSPS) is 24.2. The van der Waals surface area contributed by atoms with Crippen LogP contribution in [0.5, 0.6) is 5.75 Å². The summed E-state index contributed by atoms with van der Waals surface area (Å²) >= 11 is 0. The molecule has 1 aliphatic heterocycles. The lowest BCUT2D eigenvalue weighted by Crippen LogP contribution is -2.36. The van der Waals surface area contributed by atoms with Crippen molar-refractivity contribution in [1.82, 2.24) is 5.32 Å². The molecule has 100 valence electrons. The standard InChI is InChI=1S/C15H23NO2/c1-11(2)18-14-5-3-12(4-6-14)15-9-16-8-7-13(15)10-17/h3-6,11,13,15-17H,7-10H2,1-2H3. The van der Waals surface area contributed by atoms with E-state index in [4.69, 9.17) is 4.74 Å². The van der Waals surface area contributed by atoms with Gasteiger partial charge in [0.05, 0.1) is 6.10 Å². The summed E-state index contributed by atoms with van der Waals surface area (Å²) in [6.45, 7) is 6.30. The molecule has 1 fully saturated rings. The Morgan fingerprint density at radius 1 is 1.33 bits per heavy atom. The van der Waals surface area contributed by atoms with Gasteiger partial charge in [0.15, 0.2) is 0 Å². The third kappa shape index (κ3) is 3.24. The van der Waals surface area contributed by atoms with Gasteiger partial charge in [-0.05, 0) is 50.4 Å². The van der Waals surface area contributed by atoms with Crippen molar-refractivity contribution in [1.29, 1.82) is 0 Å².